The molecule has 0 unspecified atom stereocenters. The number of thioether (sulfide) groups is 1. The first-order chi connectivity index (χ1) is 7.36. The summed E-state index contributed by atoms with van der Waals surface area (Å²) in [7, 11) is 0. The van der Waals surface area contributed by atoms with Crippen LogP contribution in [0, 0.1) is 0 Å². The van der Waals surface area contributed by atoms with E-state index in [0.29, 0.717) is 5.75 Å². The molecular formula is C13H12OS. The molecule has 2 rings (SSSR count). The lowest BCUT2D eigenvalue weighted by Gasteiger charge is -2.03. The molecule has 0 saturated heterocycles. The number of rotatable bonds is 3. The summed E-state index contributed by atoms with van der Waals surface area (Å²) in [5.74, 6) is 1.18. The largest absolute Gasteiger partial charge is 0.508 e. The number of phenolic OH excluding ortho intramolecular Hbond substituents is 1. The number of phenols is 1. The third-order valence-corrected chi connectivity index (χ3v) is 3.19. The first-order valence-corrected chi connectivity index (χ1v) is 5.79. The van der Waals surface area contributed by atoms with Crippen LogP contribution in [-0.2, 0) is 5.75 Å². The van der Waals surface area contributed by atoms with Gasteiger partial charge in [-0.15, -0.1) is 11.8 Å². The fourth-order valence-corrected chi connectivity index (χ4v) is 2.23. The lowest BCUT2D eigenvalue weighted by molar-refractivity contribution is 0.470. The third kappa shape index (κ3) is 2.77. The topological polar surface area (TPSA) is 20.2 Å². The Balaban J connectivity index is 2.03. The van der Waals surface area contributed by atoms with Crippen molar-refractivity contribution in [3.63, 3.8) is 0 Å². The number of benzene rings is 2. The van der Waals surface area contributed by atoms with Crippen LogP contribution in [0.3, 0.4) is 0 Å². The number of aromatic hydroxyl groups is 1. The van der Waals surface area contributed by atoms with Gasteiger partial charge in [-0.1, -0.05) is 36.4 Å². The lowest BCUT2D eigenvalue weighted by Crippen LogP contribution is -1.80. The van der Waals surface area contributed by atoms with Crippen molar-refractivity contribution in [2.75, 3.05) is 0 Å². The molecule has 15 heavy (non-hydrogen) atoms. The molecule has 0 aromatic heterocycles. The third-order valence-electron chi connectivity index (χ3n) is 2.13. The van der Waals surface area contributed by atoms with E-state index in [2.05, 4.69) is 12.1 Å². The normalized spacial score (nSPS) is 10.1. The molecule has 2 heteroatoms. The van der Waals surface area contributed by atoms with E-state index >= 15 is 0 Å². The molecule has 76 valence electrons. The van der Waals surface area contributed by atoms with Crippen LogP contribution in [0.2, 0.25) is 0 Å². The minimum Gasteiger partial charge on any atom is -0.508 e. The molecule has 0 aliphatic carbocycles. The minimum atomic E-state index is 0.376. The number of hydrogen-bond donors (Lipinski definition) is 1. The molecule has 0 atom stereocenters. The van der Waals surface area contributed by atoms with E-state index in [4.69, 9.17) is 0 Å². The molecular weight excluding hydrogens is 204 g/mol. The summed E-state index contributed by atoms with van der Waals surface area (Å²) in [5, 5.41) is 9.58. The second-order valence-corrected chi connectivity index (χ2v) is 4.28. The summed E-state index contributed by atoms with van der Waals surface area (Å²) in [6.45, 7) is 0. The van der Waals surface area contributed by atoms with Crippen LogP contribution in [-0.4, -0.2) is 5.11 Å². The zero-order chi connectivity index (χ0) is 10.5. The molecule has 0 spiro atoms. The van der Waals surface area contributed by atoms with E-state index in [-0.39, 0.29) is 0 Å². The Hall–Kier alpha value is -1.41. The van der Waals surface area contributed by atoms with Gasteiger partial charge in [0.25, 0.3) is 0 Å². The van der Waals surface area contributed by atoms with Gasteiger partial charge in [-0.3, -0.25) is 0 Å². The van der Waals surface area contributed by atoms with Crippen molar-refractivity contribution in [1.29, 1.82) is 0 Å². The fourth-order valence-electron chi connectivity index (χ4n) is 1.31. The molecule has 1 nitrogen and oxygen atoms in total. The highest BCUT2D eigenvalue weighted by atomic mass is 32.2. The maximum Gasteiger partial charge on any atom is 0.119 e. The average Bonchev–Trinajstić information content (AvgIpc) is 2.29. The van der Waals surface area contributed by atoms with Crippen LogP contribution in [0.4, 0.5) is 0 Å². The smallest absolute Gasteiger partial charge is 0.119 e. The first kappa shape index (κ1) is 10.1. The lowest BCUT2D eigenvalue weighted by atomic mass is 10.2. The number of hydrogen-bond acceptors (Lipinski definition) is 2. The molecule has 0 aliphatic heterocycles. The molecule has 0 heterocycles. The predicted octanol–water partition coefficient (Wildman–Crippen LogP) is 3.68. The van der Waals surface area contributed by atoms with Crippen molar-refractivity contribution in [1.82, 2.24) is 0 Å². The summed E-state index contributed by atoms with van der Waals surface area (Å²) in [6.07, 6.45) is 0. The van der Waals surface area contributed by atoms with Crippen molar-refractivity contribution in [3.05, 3.63) is 60.2 Å². The van der Waals surface area contributed by atoms with Crippen molar-refractivity contribution < 1.29 is 5.11 Å². The van der Waals surface area contributed by atoms with Gasteiger partial charge in [0.15, 0.2) is 0 Å². The Morgan fingerprint density at radius 1 is 0.867 bits per heavy atom. The van der Waals surface area contributed by atoms with Crippen LogP contribution < -0.4 is 0 Å². The average molecular weight is 216 g/mol. The molecule has 2 aromatic carbocycles. The van der Waals surface area contributed by atoms with Gasteiger partial charge in [-0.05, 0) is 18.2 Å². The summed E-state index contributed by atoms with van der Waals surface area (Å²) in [6, 6.07) is 17.7. The molecule has 1 N–H and O–H groups in total. The molecule has 0 saturated carbocycles. The van der Waals surface area contributed by atoms with E-state index in [9.17, 15) is 5.11 Å². The van der Waals surface area contributed by atoms with Gasteiger partial charge < -0.3 is 5.11 Å². The van der Waals surface area contributed by atoms with Crippen molar-refractivity contribution in [2.45, 2.75) is 10.6 Å². The maximum atomic E-state index is 9.58. The van der Waals surface area contributed by atoms with E-state index < -0.39 is 0 Å². The van der Waals surface area contributed by atoms with Crippen molar-refractivity contribution in [2.24, 2.45) is 0 Å². The van der Waals surface area contributed by atoms with Gasteiger partial charge in [-0.25, -0.2) is 0 Å². The van der Waals surface area contributed by atoms with E-state index in [1.165, 1.54) is 4.90 Å². The van der Waals surface area contributed by atoms with Gasteiger partial charge >= 0.3 is 0 Å². The van der Waals surface area contributed by atoms with Gasteiger partial charge in [-0.2, -0.15) is 0 Å². The Morgan fingerprint density at radius 2 is 1.53 bits per heavy atom. The van der Waals surface area contributed by atoms with Crippen LogP contribution in [0.25, 0.3) is 0 Å². The Morgan fingerprint density at radius 3 is 2.27 bits per heavy atom. The van der Waals surface area contributed by atoms with Crippen LogP contribution >= 0.6 is 11.8 Å². The molecule has 0 fully saturated rings. The zero-order valence-corrected chi connectivity index (χ0v) is 9.08. The molecule has 0 aliphatic rings. The summed E-state index contributed by atoms with van der Waals surface area (Å²) in [5.41, 5.74) is 0.978. The SMILES string of the molecule is Oc1ccccc1CSc1ccccc1. The molecule has 0 amide bonds. The Kier molecular flexibility index (Phi) is 3.30. The van der Waals surface area contributed by atoms with Crippen molar-refractivity contribution in [3.8, 4) is 5.75 Å². The van der Waals surface area contributed by atoms with Crippen molar-refractivity contribution >= 4 is 11.8 Å². The van der Waals surface area contributed by atoms with Crippen LogP contribution in [0.15, 0.2) is 59.5 Å². The summed E-state index contributed by atoms with van der Waals surface area (Å²) >= 11 is 1.73. The zero-order valence-electron chi connectivity index (χ0n) is 8.26. The summed E-state index contributed by atoms with van der Waals surface area (Å²) < 4.78 is 0. The second-order valence-electron chi connectivity index (χ2n) is 3.23. The van der Waals surface area contributed by atoms with Crippen LogP contribution in [0.1, 0.15) is 5.56 Å². The highest BCUT2D eigenvalue weighted by Gasteiger charge is 1.99. The maximum absolute atomic E-state index is 9.58. The first-order valence-electron chi connectivity index (χ1n) is 4.81. The van der Waals surface area contributed by atoms with Gasteiger partial charge in [0.2, 0.25) is 0 Å². The Bertz CT molecular complexity index is 426. The van der Waals surface area contributed by atoms with Gasteiger partial charge in [0, 0.05) is 16.2 Å². The Labute approximate surface area is 93.8 Å². The summed E-state index contributed by atoms with van der Waals surface area (Å²) in [4.78, 5) is 1.22. The fraction of sp³-hybridized carbons (Fsp3) is 0.0769. The second kappa shape index (κ2) is 4.89. The molecule has 2 aromatic rings. The van der Waals surface area contributed by atoms with Gasteiger partial charge in [0.1, 0.15) is 5.75 Å². The predicted molar refractivity (Wildman–Crippen MR) is 64.1 cm³/mol. The van der Waals surface area contributed by atoms with E-state index in [0.717, 1.165) is 11.3 Å². The minimum absolute atomic E-state index is 0.376. The quantitative estimate of drug-likeness (QED) is 0.790. The van der Waals surface area contributed by atoms with Gasteiger partial charge in [0.05, 0.1) is 0 Å². The van der Waals surface area contributed by atoms with E-state index in [1.54, 1.807) is 17.8 Å². The number of para-hydroxylation sites is 1. The highest BCUT2D eigenvalue weighted by Crippen LogP contribution is 2.26. The molecule has 0 bridgehead atoms. The van der Waals surface area contributed by atoms with E-state index in [1.807, 2.05) is 36.4 Å². The highest BCUT2D eigenvalue weighted by molar-refractivity contribution is 7.98. The monoisotopic (exact) mass is 216 g/mol. The van der Waals surface area contributed by atoms with Crippen LogP contribution in [0.5, 0.6) is 5.75 Å². The standard InChI is InChI=1S/C13H12OS/c14-13-9-5-4-6-11(13)10-15-12-7-2-1-3-8-12/h1-9,14H,10H2. The molecule has 0 radical (unpaired) electrons.